The van der Waals surface area contributed by atoms with Crippen LogP contribution in [0.15, 0.2) is 72.8 Å². The monoisotopic (exact) mass is 357 g/mol. The van der Waals surface area contributed by atoms with Crippen molar-refractivity contribution in [3.05, 3.63) is 94.0 Å². The van der Waals surface area contributed by atoms with Crippen LogP contribution in [0.3, 0.4) is 0 Å². The van der Waals surface area contributed by atoms with Gasteiger partial charge in [0.15, 0.2) is 0 Å². The number of hydrogen-bond donors (Lipinski definition) is 1. The molecule has 0 fully saturated rings. The highest BCUT2D eigenvalue weighted by atomic mass is 35.5. The largest absolute Gasteiger partial charge is 0.487 e. The van der Waals surface area contributed by atoms with Crippen molar-refractivity contribution in [3.8, 4) is 5.75 Å². The van der Waals surface area contributed by atoms with Crippen LogP contribution in [-0.2, 0) is 13.2 Å². The van der Waals surface area contributed by atoms with Gasteiger partial charge in [-0.25, -0.2) is 0 Å². The van der Waals surface area contributed by atoms with Crippen molar-refractivity contribution < 1.29 is 4.74 Å². The van der Waals surface area contributed by atoms with Crippen LogP contribution in [0.5, 0.6) is 5.75 Å². The van der Waals surface area contributed by atoms with E-state index in [0.717, 1.165) is 22.6 Å². The highest BCUT2D eigenvalue weighted by Gasteiger charge is 2.05. The maximum absolute atomic E-state index is 6.22. The zero-order valence-electron chi connectivity index (χ0n) is 13.0. The fourth-order valence-electron chi connectivity index (χ4n) is 2.33. The third-order valence-corrected chi connectivity index (χ3v) is 4.20. The molecule has 0 aliphatic heterocycles. The summed E-state index contributed by atoms with van der Waals surface area (Å²) in [7, 11) is 0. The fourth-order valence-corrected chi connectivity index (χ4v) is 2.80. The van der Waals surface area contributed by atoms with Crippen LogP contribution in [0.2, 0.25) is 10.0 Å². The number of halogens is 2. The highest BCUT2D eigenvalue weighted by Crippen LogP contribution is 2.27. The van der Waals surface area contributed by atoms with Gasteiger partial charge in [-0.2, -0.15) is 0 Å². The Morgan fingerprint density at radius 3 is 2.38 bits per heavy atom. The molecule has 2 nitrogen and oxygen atoms in total. The number of hydrogen-bond acceptors (Lipinski definition) is 2. The molecule has 0 amide bonds. The van der Waals surface area contributed by atoms with Gasteiger partial charge in [0.05, 0.1) is 5.69 Å². The molecule has 0 aromatic heterocycles. The molecular formula is C20H17Cl2NO. The molecule has 24 heavy (non-hydrogen) atoms. The average molecular weight is 358 g/mol. The van der Waals surface area contributed by atoms with Gasteiger partial charge in [0.1, 0.15) is 12.4 Å². The SMILES string of the molecule is Clc1ccc(CNc2ccccc2OCc2ccccc2)c(Cl)c1. The predicted octanol–water partition coefficient (Wildman–Crippen LogP) is 6.18. The number of anilines is 1. The van der Waals surface area contributed by atoms with Crippen molar-refractivity contribution in [1.82, 2.24) is 0 Å². The Kier molecular flexibility index (Phi) is 5.63. The number of benzene rings is 3. The Morgan fingerprint density at radius 1 is 0.833 bits per heavy atom. The van der Waals surface area contributed by atoms with Crippen LogP contribution < -0.4 is 10.1 Å². The molecule has 0 aliphatic carbocycles. The van der Waals surface area contributed by atoms with Crippen LogP contribution in [-0.4, -0.2) is 0 Å². The van der Waals surface area contributed by atoms with Gasteiger partial charge < -0.3 is 10.1 Å². The maximum atomic E-state index is 6.22. The standard InChI is InChI=1S/C20H17Cl2NO/c21-17-11-10-16(18(22)12-17)13-23-19-8-4-5-9-20(19)24-14-15-6-2-1-3-7-15/h1-12,23H,13-14H2. The van der Waals surface area contributed by atoms with Gasteiger partial charge in [-0.1, -0.05) is 71.7 Å². The summed E-state index contributed by atoms with van der Waals surface area (Å²) in [4.78, 5) is 0. The number of ether oxygens (including phenoxy) is 1. The predicted molar refractivity (Wildman–Crippen MR) is 101 cm³/mol. The Bertz CT molecular complexity index is 806. The van der Waals surface area contributed by atoms with Gasteiger partial charge in [-0.05, 0) is 35.4 Å². The Labute approximate surface area is 152 Å². The van der Waals surface area contributed by atoms with E-state index in [9.17, 15) is 0 Å². The fraction of sp³-hybridized carbons (Fsp3) is 0.100. The summed E-state index contributed by atoms with van der Waals surface area (Å²) in [6.07, 6.45) is 0. The smallest absolute Gasteiger partial charge is 0.142 e. The van der Waals surface area contributed by atoms with Gasteiger partial charge in [0, 0.05) is 16.6 Å². The van der Waals surface area contributed by atoms with Crippen molar-refractivity contribution in [3.63, 3.8) is 0 Å². The first-order chi connectivity index (χ1) is 11.7. The molecular weight excluding hydrogens is 341 g/mol. The summed E-state index contributed by atoms with van der Waals surface area (Å²) >= 11 is 12.2. The first-order valence-electron chi connectivity index (χ1n) is 7.66. The molecule has 0 heterocycles. The van der Waals surface area contributed by atoms with Crippen molar-refractivity contribution in [2.24, 2.45) is 0 Å². The van der Waals surface area contributed by atoms with E-state index in [2.05, 4.69) is 5.32 Å². The average Bonchev–Trinajstić information content (AvgIpc) is 2.61. The lowest BCUT2D eigenvalue weighted by molar-refractivity contribution is 0.307. The lowest BCUT2D eigenvalue weighted by Crippen LogP contribution is -2.03. The molecule has 0 saturated heterocycles. The molecule has 0 unspecified atom stereocenters. The molecule has 0 radical (unpaired) electrons. The molecule has 0 atom stereocenters. The number of rotatable bonds is 6. The molecule has 4 heteroatoms. The van der Waals surface area contributed by atoms with Gasteiger partial charge in [-0.15, -0.1) is 0 Å². The summed E-state index contributed by atoms with van der Waals surface area (Å²) in [5.74, 6) is 0.812. The maximum Gasteiger partial charge on any atom is 0.142 e. The van der Waals surface area contributed by atoms with Crippen molar-refractivity contribution in [1.29, 1.82) is 0 Å². The minimum absolute atomic E-state index is 0.529. The van der Waals surface area contributed by atoms with Gasteiger partial charge in [0.2, 0.25) is 0 Å². The third-order valence-electron chi connectivity index (χ3n) is 3.61. The Hall–Kier alpha value is -2.16. The number of nitrogens with one attached hydrogen (secondary N) is 1. The molecule has 1 N–H and O–H groups in total. The highest BCUT2D eigenvalue weighted by molar-refractivity contribution is 6.35. The van der Waals surface area contributed by atoms with Gasteiger partial charge >= 0.3 is 0 Å². The molecule has 122 valence electrons. The van der Waals surface area contributed by atoms with Gasteiger partial charge in [0.25, 0.3) is 0 Å². The van der Waals surface area contributed by atoms with Crippen molar-refractivity contribution in [2.45, 2.75) is 13.2 Å². The summed E-state index contributed by atoms with van der Waals surface area (Å²) in [5.41, 5.74) is 3.05. The molecule has 3 aromatic rings. The molecule has 0 spiro atoms. The van der Waals surface area contributed by atoms with E-state index >= 15 is 0 Å². The second-order valence-electron chi connectivity index (χ2n) is 5.36. The first-order valence-corrected chi connectivity index (χ1v) is 8.41. The summed E-state index contributed by atoms with van der Waals surface area (Å²) in [6.45, 7) is 1.13. The summed E-state index contributed by atoms with van der Waals surface area (Å²) < 4.78 is 5.94. The van der Waals surface area contributed by atoms with Crippen LogP contribution in [0.25, 0.3) is 0 Å². The van der Waals surface area contributed by atoms with E-state index in [1.165, 1.54) is 0 Å². The van der Waals surface area contributed by atoms with E-state index in [1.54, 1.807) is 6.07 Å². The third kappa shape index (κ3) is 4.44. The van der Waals surface area contributed by atoms with Gasteiger partial charge in [-0.3, -0.25) is 0 Å². The van der Waals surface area contributed by atoms with E-state index in [-0.39, 0.29) is 0 Å². The zero-order valence-corrected chi connectivity index (χ0v) is 14.5. The second-order valence-corrected chi connectivity index (χ2v) is 6.20. The van der Waals surface area contributed by atoms with E-state index in [4.69, 9.17) is 27.9 Å². The quantitative estimate of drug-likeness (QED) is 0.568. The molecule has 0 saturated carbocycles. The van der Waals surface area contributed by atoms with E-state index in [1.807, 2.05) is 66.7 Å². The Balaban J connectivity index is 1.67. The first kappa shape index (κ1) is 16.7. The van der Waals surface area contributed by atoms with Crippen molar-refractivity contribution >= 4 is 28.9 Å². The Morgan fingerprint density at radius 2 is 1.58 bits per heavy atom. The normalized spacial score (nSPS) is 10.4. The minimum atomic E-state index is 0.529. The van der Waals surface area contributed by atoms with Crippen molar-refractivity contribution in [2.75, 3.05) is 5.32 Å². The van der Waals surface area contributed by atoms with Crippen LogP contribution in [0.4, 0.5) is 5.69 Å². The lowest BCUT2D eigenvalue weighted by atomic mass is 10.2. The van der Waals surface area contributed by atoms with E-state index < -0.39 is 0 Å². The molecule has 0 bridgehead atoms. The van der Waals surface area contributed by atoms with Crippen LogP contribution in [0, 0.1) is 0 Å². The topological polar surface area (TPSA) is 21.3 Å². The molecule has 3 aromatic carbocycles. The minimum Gasteiger partial charge on any atom is -0.487 e. The number of para-hydroxylation sites is 2. The van der Waals surface area contributed by atoms with Crippen LogP contribution >= 0.6 is 23.2 Å². The summed E-state index contributed by atoms with van der Waals surface area (Å²) in [5, 5.41) is 4.66. The molecule has 0 aliphatic rings. The molecule has 3 rings (SSSR count). The zero-order chi connectivity index (χ0) is 16.8. The lowest BCUT2D eigenvalue weighted by Gasteiger charge is -2.14. The van der Waals surface area contributed by atoms with E-state index in [0.29, 0.717) is 23.2 Å². The summed E-state index contributed by atoms with van der Waals surface area (Å²) in [6, 6.07) is 23.5. The second kappa shape index (κ2) is 8.09. The van der Waals surface area contributed by atoms with Crippen LogP contribution in [0.1, 0.15) is 11.1 Å².